The number of likely N-dealkylation sites (N-methyl/N-ethyl adjacent to an activating group) is 1. The third-order valence-electron chi connectivity index (χ3n) is 7.18. The molecule has 2 aromatic carbocycles. The first-order valence-electron chi connectivity index (χ1n) is 14.0. The van der Waals surface area contributed by atoms with Gasteiger partial charge in [0.25, 0.3) is 0 Å². The summed E-state index contributed by atoms with van der Waals surface area (Å²) >= 11 is 0. The summed E-state index contributed by atoms with van der Waals surface area (Å²) in [4.78, 5) is 54.0. The third kappa shape index (κ3) is 7.80. The molecule has 1 N–H and O–H groups in total. The summed E-state index contributed by atoms with van der Waals surface area (Å²) in [5.41, 5.74) is 2.13. The van der Waals surface area contributed by atoms with E-state index in [4.69, 9.17) is 18.9 Å². The second kappa shape index (κ2) is 13.7. The Morgan fingerprint density at radius 2 is 1.57 bits per heavy atom. The van der Waals surface area contributed by atoms with Gasteiger partial charge in [-0.05, 0) is 75.4 Å². The van der Waals surface area contributed by atoms with Crippen LogP contribution in [0.2, 0.25) is 0 Å². The predicted octanol–water partition coefficient (Wildman–Crippen LogP) is 4.87. The molecule has 0 aromatic heterocycles. The number of ether oxygens (including phenoxy) is 4. The van der Waals surface area contributed by atoms with Gasteiger partial charge in [0, 0.05) is 30.5 Å². The molecule has 0 fully saturated rings. The van der Waals surface area contributed by atoms with Crippen LogP contribution in [-0.4, -0.2) is 68.7 Å². The number of carbonyl (C=O) groups is 4. The van der Waals surface area contributed by atoms with Crippen LogP contribution in [0.25, 0.3) is 11.1 Å². The Labute approximate surface area is 247 Å². The van der Waals surface area contributed by atoms with Crippen LogP contribution in [0.15, 0.2) is 36.4 Å². The van der Waals surface area contributed by atoms with E-state index in [0.717, 1.165) is 11.1 Å². The Hall–Kier alpha value is -4.08. The molecule has 1 aliphatic rings. The Kier molecular flexibility index (Phi) is 10.6. The van der Waals surface area contributed by atoms with Crippen LogP contribution in [0.3, 0.4) is 0 Å². The van der Waals surface area contributed by atoms with Crippen molar-refractivity contribution >= 4 is 23.8 Å². The zero-order valence-corrected chi connectivity index (χ0v) is 25.7. The number of amides is 2. The Morgan fingerprint density at radius 3 is 2.17 bits per heavy atom. The molecule has 42 heavy (non-hydrogen) atoms. The number of rotatable bonds is 4. The van der Waals surface area contributed by atoms with E-state index in [1.54, 1.807) is 54.0 Å². The van der Waals surface area contributed by atoms with E-state index in [1.165, 1.54) is 19.1 Å². The van der Waals surface area contributed by atoms with E-state index in [-0.39, 0.29) is 12.2 Å². The summed E-state index contributed by atoms with van der Waals surface area (Å²) in [6, 6.07) is 9.14. The summed E-state index contributed by atoms with van der Waals surface area (Å²) < 4.78 is 21.9. The first-order chi connectivity index (χ1) is 19.8. The number of ketones is 1. The van der Waals surface area contributed by atoms with Gasteiger partial charge in [-0.25, -0.2) is 9.59 Å². The summed E-state index contributed by atoms with van der Waals surface area (Å²) in [5, 5.41) is 2.76. The van der Waals surface area contributed by atoms with Crippen molar-refractivity contribution in [2.24, 2.45) is 5.92 Å². The highest BCUT2D eigenvalue weighted by molar-refractivity contribution is 5.94. The highest BCUT2D eigenvalue weighted by Gasteiger charge is 2.34. The van der Waals surface area contributed by atoms with Gasteiger partial charge in [0.05, 0.1) is 21.3 Å². The van der Waals surface area contributed by atoms with Crippen molar-refractivity contribution in [1.29, 1.82) is 0 Å². The van der Waals surface area contributed by atoms with Crippen molar-refractivity contribution < 1.29 is 38.1 Å². The lowest BCUT2D eigenvalue weighted by Crippen LogP contribution is -2.45. The van der Waals surface area contributed by atoms with Crippen molar-refractivity contribution in [1.82, 2.24) is 10.2 Å². The largest absolute Gasteiger partial charge is 0.496 e. The molecular formula is C32H42N2O8. The van der Waals surface area contributed by atoms with Crippen LogP contribution in [0.4, 0.5) is 4.79 Å². The fraction of sp³-hybridized carbons (Fsp3) is 0.500. The fourth-order valence-corrected chi connectivity index (χ4v) is 5.01. The van der Waals surface area contributed by atoms with Gasteiger partial charge in [-0.3, -0.25) is 14.5 Å². The topological polar surface area (TPSA) is 120 Å². The molecule has 228 valence electrons. The highest BCUT2D eigenvalue weighted by Crippen LogP contribution is 2.40. The monoisotopic (exact) mass is 582 g/mol. The molecule has 0 aliphatic carbocycles. The SMILES string of the molecule is COC(=O)[C@@H]1CCCc2ccc(OC)c(c2)-c2cc(ccc2OC)[C@H](N(C)C(=O)OC(C)(C)C)C(=O)C[C@@H](C)C(=O)N1. The molecule has 0 spiro atoms. The Morgan fingerprint density at radius 1 is 0.952 bits per heavy atom. The van der Waals surface area contributed by atoms with Gasteiger partial charge < -0.3 is 24.3 Å². The number of methoxy groups -OCH3 is 3. The summed E-state index contributed by atoms with van der Waals surface area (Å²) in [5.74, 6) is -0.999. The maximum atomic E-state index is 13.9. The molecule has 2 amide bonds. The average molecular weight is 583 g/mol. The third-order valence-corrected chi connectivity index (χ3v) is 7.18. The van der Waals surface area contributed by atoms with Crippen molar-refractivity contribution in [3.8, 4) is 22.6 Å². The molecule has 0 unspecified atom stereocenters. The second-order valence-corrected chi connectivity index (χ2v) is 11.5. The minimum absolute atomic E-state index is 0.183. The Balaban J connectivity index is 2.21. The van der Waals surface area contributed by atoms with Gasteiger partial charge in [0.2, 0.25) is 5.91 Å². The maximum absolute atomic E-state index is 13.9. The lowest BCUT2D eigenvalue weighted by atomic mass is 9.90. The van der Waals surface area contributed by atoms with Crippen molar-refractivity contribution in [2.75, 3.05) is 28.4 Å². The number of nitrogens with one attached hydrogen (secondary N) is 1. The first kappa shape index (κ1) is 32.4. The number of esters is 1. The number of aryl methyl sites for hydroxylation is 1. The highest BCUT2D eigenvalue weighted by atomic mass is 16.6. The fourth-order valence-electron chi connectivity index (χ4n) is 5.01. The molecule has 10 nitrogen and oxygen atoms in total. The molecule has 0 saturated carbocycles. The van der Waals surface area contributed by atoms with E-state index in [1.807, 2.05) is 24.3 Å². The van der Waals surface area contributed by atoms with E-state index in [2.05, 4.69) is 5.32 Å². The number of carbonyl (C=O) groups excluding carboxylic acids is 4. The van der Waals surface area contributed by atoms with E-state index >= 15 is 0 Å². The van der Waals surface area contributed by atoms with Crippen LogP contribution in [0.1, 0.15) is 64.1 Å². The van der Waals surface area contributed by atoms with E-state index in [0.29, 0.717) is 41.9 Å². The minimum atomic E-state index is -1.07. The van der Waals surface area contributed by atoms with Gasteiger partial charge in [-0.1, -0.05) is 19.1 Å². The summed E-state index contributed by atoms with van der Waals surface area (Å²) in [7, 11) is 5.91. The lowest BCUT2D eigenvalue weighted by molar-refractivity contribution is -0.145. The molecule has 1 aliphatic heterocycles. The van der Waals surface area contributed by atoms with Crippen molar-refractivity contribution in [3.63, 3.8) is 0 Å². The molecule has 0 radical (unpaired) electrons. The van der Waals surface area contributed by atoms with Crippen LogP contribution >= 0.6 is 0 Å². The number of nitrogens with zero attached hydrogens (tertiary/aromatic N) is 1. The van der Waals surface area contributed by atoms with E-state index < -0.39 is 41.6 Å². The van der Waals surface area contributed by atoms with Gasteiger partial charge in [-0.15, -0.1) is 0 Å². The van der Waals surface area contributed by atoms with Gasteiger partial charge in [0.15, 0.2) is 5.78 Å². The van der Waals surface area contributed by atoms with Crippen LogP contribution in [0, 0.1) is 5.92 Å². The normalized spacial score (nSPS) is 19.8. The standard InChI is InChI=1S/C32H42N2O8/c1-19-16-25(35)28(34(5)31(38)42-32(2,3)4)21-13-15-27(40-7)23(18-21)22-17-20(12-14-26(22)39-6)10-9-11-24(30(37)41-8)33-29(19)36/h12-15,17-19,24,28H,9-11,16H2,1-8H3,(H,33,36)/t19-,24+,28+/m1/s1. The minimum Gasteiger partial charge on any atom is -0.496 e. The Bertz CT molecular complexity index is 1320. The second-order valence-electron chi connectivity index (χ2n) is 11.5. The predicted molar refractivity (Wildman–Crippen MR) is 157 cm³/mol. The number of Topliss-reactive ketones (excluding diaryl/α,β-unsaturated/α-hetero) is 1. The first-order valence-corrected chi connectivity index (χ1v) is 14.0. The molecule has 0 saturated heterocycles. The van der Waals surface area contributed by atoms with Gasteiger partial charge in [0.1, 0.15) is 29.2 Å². The van der Waals surface area contributed by atoms with Crippen LogP contribution in [0.5, 0.6) is 11.5 Å². The molecule has 4 bridgehead atoms. The lowest BCUT2D eigenvalue weighted by Gasteiger charge is -2.31. The van der Waals surface area contributed by atoms with Crippen LogP contribution in [-0.2, 0) is 30.3 Å². The van der Waals surface area contributed by atoms with Gasteiger partial charge >= 0.3 is 12.1 Å². The number of hydrogen-bond acceptors (Lipinski definition) is 8. The zero-order chi connectivity index (χ0) is 31.2. The maximum Gasteiger partial charge on any atom is 0.410 e. The number of benzene rings is 2. The average Bonchev–Trinajstić information content (AvgIpc) is 2.94. The molecule has 1 heterocycles. The molecule has 10 heteroatoms. The molecule has 3 atom stereocenters. The molecule has 2 aromatic rings. The molecule has 3 rings (SSSR count). The summed E-state index contributed by atoms with van der Waals surface area (Å²) in [6.45, 7) is 6.85. The van der Waals surface area contributed by atoms with Crippen molar-refractivity contribution in [2.45, 2.75) is 71.1 Å². The quantitative estimate of drug-likeness (QED) is 0.507. The zero-order valence-electron chi connectivity index (χ0n) is 25.7. The van der Waals surface area contributed by atoms with Crippen LogP contribution < -0.4 is 14.8 Å². The van der Waals surface area contributed by atoms with E-state index in [9.17, 15) is 19.2 Å². The smallest absolute Gasteiger partial charge is 0.410 e. The molecular weight excluding hydrogens is 540 g/mol. The summed E-state index contributed by atoms with van der Waals surface area (Å²) in [6.07, 6.45) is 0.704. The number of fused-ring (bicyclic) bond motifs is 5. The van der Waals surface area contributed by atoms with Gasteiger partial charge in [-0.2, -0.15) is 0 Å². The van der Waals surface area contributed by atoms with Crippen molar-refractivity contribution in [3.05, 3.63) is 47.5 Å². The number of hydrogen-bond donors (Lipinski definition) is 1.